The topological polar surface area (TPSA) is 13.1 Å². The van der Waals surface area contributed by atoms with E-state index in [2.05, 4.69) is 41.6 Å². The molecule has 3 heteroatoms. The highest BCUT2D eigenvalue weighted by Crippen LogP contribution is 2.33. The van der Waals surface area contributed by atoms with Crippen LogP contribution in [0.4, 0.5) is 0 Å². The molecule has 0 fully saturated rings. The number of thioether (sulfide) groups is 1. The second-order valence-electron chi connectivity index (χ2n) is 2.91. The lowest BCUT2D eigenvalue weighted by Gasteiger charge is -1.90. The lowest BCUT2D eigenvalue weighted by Crippen LogP contribution is -1.72. The van der Waals surface area contributed by atoms with Crippen LogP contribution in [0.1, 0.15) is 5.56 Å². The Hall–Kier alpha value is -0.160. The van der Waals surface area contributed by atoms with Gasteiger partial charge in [0.1, 0.15) is 5.58 Å². The van der Waals surface area contributed by atoms with Gasteiger partial charge in [-0.3, -0.25) is 0 Å². The number of furan rings is 1. The predicted molar refractivity (Wildman–Crippen MR) is 65.4 cm³/mol. The third-order valence-corrected chi connectivity index (χ3v) is 4.03. The highest BCUT2D eigenvalue weighted by atomic mass is 127. The zero-order valence-corrected chi connectivity index (χ0v) is 10.4. The minimum atomic E-state index is 0.986. The minimum Gasteiger partial charge on any atom is -0.449 e. The molecule has 1 aromatic carbocycles. The summed E-state index contributed by atoms with van der Waals surface area (Å²) in [5.74, 6) is 0. The first-order chi connectivity index (χ1) is 6.22. The van der Waals surface area contributed by atoms with Crippen LogP contribution in [0.25, 0.3) is 11.0 Å². The predicted octanol–water partition coefficient (Wildman–Crippen LogP) is 4.07. The molecule has 0 atom stereocenters. The number of hydrogen-bond acceptors (Lipinski definition) is 2. The van der Waals surface area contributed by atoms with Crippen LogP contribution in [-0.2, 0) is 0 Å². The fourth-order valence-corrected chi connectivity index (χ4v) is 2.94. The van der Waals surface area contributed by atoms with Crippen molar-refractivity contribution in [2.75, 3.05) is 6.26 Å². The maximum atomic E-state index is 5.66. The third-order valence-electron chi connectivity index (χ3n) is 1.94. The van der Waals surface area contributed by atoms with Gasteiger partial charge in [-0.15, -0.1) is 0 Å². The molecule has 0 aliphatic rings. The molecule has 0 amide bonds. The Kier molecular flexibility index (Phi) is 2.55. The van der Waals surface area contributed by atoms with Crippen LogP contribution in [0.2, 0.25) is 0 Å². The maximum Gasteiger partial charge on any atom is 0.174 e. The van der Waals surface area contributed by atoms with Gasteiger partial charge in [-0.25, -0.2) is 0 Å². The molecule has 0 aliphatic heterocycles. The van der Waals surface area contributed by atoms with Gasteiger partial charge in [0.05, 0.1) is 3.57 Å². The van der Waals surface area contributed by atoms with Crippen LogP contribution in [0.15, 0.2) is 27.7 Å². The van der Waals surface area contributed by atoms with Crippen LogP contribution in [-0.4, -0.2) is 6.26 Å². The first kappa shape index (κ1) is 9.40. The lowest BCUT2D eigenvalue weighted by molar-refractivity contribution is 0.511. The Balaban J connectivity index is 2.77. The van der Waals surface area contributed by atoms with Crippen molar-refractivity contribution in [1.82, 2.24) is 0 Å². The molecule has 1 heterocycles. The fraction of sp³-hybridized carbons (Fsp3) is 0.200. The van der Waals surface area contributed by atoms with Gasteiger partial charge in [0.25, 0.3) is 0 Å². The molecule has 0 spiro atoms. The molecular weight excluding hydrogens is 295 g/mol. The average Bonchev–Trinajstić information content (AvgIpc) is 2.44. The summed E-state index contributed by atoms with van der Waals surface area (Å²) in [6, 6.07) is 6.28. The molecule has 0 bridgehead atoms. The lowest BCUT2D eigenvalue weighted by atomic mass is 10.2. The Bertz CT molecular complexity index is 447. The van der Waals surface area contributed by atoms with Gasteiger partial charge in [0.15, 0.2) is 5.09 Å². The van der Waals surface area contributed by atoms with E-state index in [0.717, 1.165) is 10.7 Å². The van der Waals surface area contributed by atoms with Crippen molar-refractivity contribution in [3.05, 3.63) is 27.3 Å². The third kappa shape index (κ3) is 1.59. The number of rotatable bonds is 1. The molecule has 0 aliphatic carbocycles. The first-order valence-corrected chi connectivity index (χ1v) is 6.25. The largest absolute Gasteiger partial charge is 0.449 e. The van der Waals surface area contributed by atoms with E-state index in [9.17, 15) is 0 Å². The summed E-state index contributed by atoms with van der Waals surface area (Å²) in [6.07, 6.45) is 2.03. The van der Waals surface area contributed by atoms with Crippen molar-refractivity contribution in [3.63, 3.8) is 0 Å². The Morgan fingerprint density at radius 3 is 2.85 bits per heavy atom. The summed E-state index contributed by atoms with van der Waals surface area (Å²) in [7, 11) is 0. The average molecular weight is 304 g/mol. The van der Waals surface area contributed by atoms with E-state index in [4.69, 9.17) is 4.42 Å². The van der Waals surface area contributed by atoms with Crippen LogP contribution in [0.5, 0.6) is 0 Å². The molecule has 0 saturated heterocycles. The molecule has 2 aromatic rings. The SMILES string of the molecule is CSc1oc2ccc(C)cc2c1I. The standard InChI is InChI=1S/C10H9IOS/c1-6-3-4-8-7(5-6)9(11)10(12-8)13-2/h3-5H,1-2H3. The van der Waals surface area contributed by atoms with Crippen LogP contribution < -0.4 is 0 Å². The minimum absolute atomic E-state index is 0.986. The first-order valence-electron chi connectivity index (χ1n) is 3.95. The van der Waals surface area contributed by atoms with Gasteiger partial charge in [-0.05, 0) is 47.9 Å². The molecule has 68 valence electrons. The van der Waals surface area contributed by atoms with E-state index in [1.165, 1.54) is 14.5 Å². The van der Waals surface area contributed by atoms with E-state index in [0.29, 0.717) is 0 Å². The molecule has 0 unspecified atom stereocenters. The molecule has 1 aromatic heterocycles. The number of benzene rings is 1. The summed E-state index contributed by atoms with van der Waals surface area (Å²) < 4.78 is 6.88. The summed E-state index contributed by atoms with van der Waals surface area (Å²) in [4.78, 5) is 0. The maximum absolute atomic E-state index is 5.66. The van der Waals surface area contributed by atoms with Crippen molar-refractivity contribution < 1.29 is 4.42 Å². The van der Waals surface area contributed by atoms with E-state index in [1.54, 1.807) is 11.8 Å². The van der Waals surface area contributed by atoms with Gasteiger partial charge in [-0.1, -0.05) is 23.4 Å². The summed E-state index contributed by atoms with van der Waals surface area (Å²) in [6.45, 7) is 2.10. The van der Waals surface area contributed by atoms with Gasteiger partial charge >= 0.3 is 0 Å². The second-order valence-corrected chi connectivity index (χ2v) is 4.77. The van der Waals surface area contributed by atoms with E-state index in [1.807, 2.05) is 12.3 Å². The van der Waals surface area contributed by atoms with E-state index >= 15 is 0 Å². The van der Waals surface area contributed by atoms with E-state index < -0.39 is 0 Å². The van der Waals surface area contributed by atoms with Gasteiger partial charge in [0, 0.05) is 5.39 Å². The molecule has 0 saturated carbocycles. The fourth-order valence-electron chi connectivity index (χ4n) is 1.29. The monoisotopic (exact) mass is 304 g/mol. The Morgan fingerprint density at radius 2 is 2.15 bits per heavy atom. The van der Waals surface area contributed by atoms with Gasteiger partial charge in [0.2, 0.25) is 0 Å². The van der Waals surface area contributed by atoms with Crippen molar-refractivity contribution >= 4 is 45.3 Å². The van der Waals surface area contributed by atoms with Crippen molar-refractivity contribution in [3.8, 4) is 0 Å². The quantitative estimate of drug-likeness (QED) is 0.582. The van der Waals surface area contributed by atoms with Gasteiger partial charge in [-0.2, -0.15) is 0 Å². The smallest absolute Gasteiger partial charge is 0.174 e. The van der Waals surface area contributed by atoms with Crippen LogP contribution in [0, 0.1) is 10.5 Å². The van der Waals surface area contributed by atoms with Crippen molar-refractivity contribution in [2.24, 2.45) is 0 Å². The number of hydrogen-bond donors (Lipinski definition) is 0. The molecule has 0 radical (unpaired) electrons. The van der Waals surface area contributed by atoms with Gasteiger partial charge < -0.3 is 4.42 Å². The van der Waals surface area contributed by atoms with Crippen LogP contribution in [0.3, 0.4) is 0 Å². The summed E-state index contributed by atoms with van der Waals surface area (Å²) in [5.41, 5.74) is 2.26. The van der Waals surface area contributed by atoms with E-state index in [-0.39, 0.29) is 0 Å². The Morgan fingerprint density at radius 1 is 1.38 bits per heavy atom. The zero-order chi connectivity index (χ0) is 9.42. The van der Waals surface area contributed by atoms with Crippen molar-refractivity contribution in [2.45, 2.75) is 12.0 Å². The number of fused-ring (bicyclic) bond motifs is 1. The molecule has 13 heavy (non-hydrogen) atoms. The molecular formula is C10H9IOS. The van der Waals surface area contributed by atoms with Crippen LogP contribution >= 0.6 is 34.4 Å². The molecule has 2 rings (SSSR count). The number of aryl methyl sites for hydroxylation is 1. The highest BCUT2D eigenvalue weighted by molar-refractivity contribution is 14.1. The summed E-state index contributed by atoms with van der Waals surface area (Å²) in [5, 5.41) is 2.24. The zero-order valence-electron chi connectivity index (χ0n) is 7.43. The van der Waals surface area contributed by atoms with Crippen molar-refractivity contribution in [1.29, 1.82) is 0 Å². The Labute approximate surface area is 95.0 Å². The molecule has 1 nitrogen and oxygen atoms in total. The second kappa shape index (κ2) is 3.53. The molecule has 0 N–H and O–H groups in total. The summed E-state index contributed by atoms with van der Waals surface area (Å²) >= 11 is 3.99. The highest BCUT2D eigenvalue weighted by Gasteiger charge is 2.09. The normalized spacial score (nSPS) is 11.0. The number of halogens is 1.